The fraction of sp³-hybridized carbons (Fsp3) is 0.273. The Morgan fingerprint density at radius 3 is 2.82 bits per heavy atom. The molecule has 0 unspecified atom stereocenters. The summed E-state index contributed by atoms with van der Waals surface area (Å²) in [4.78, 5) is 0. The van der Waals surface area contributed by atoms with Crippen molar-refractivity contribution < 1.29 is 0 Å². The van der Waals surface area contributed by atoms with E-state index in [1.807, 2.05) is 18.2 Å². The van der Waals surface area contributed by atoms with Gasteiger partial charge >= 0.3 is 0 Å². The minimum atomic E-state index is 1.03. The van der Waals surface area contributed by atoms with E-state index in [9.17, 15) is 0 Å². The van der Waals surface area contributed by atoms with Gasteiger partial charge in [-0.3, -0.25) is 0 Å². The van der Waals surface area contributed by atoms with Gasteiger partial charge in [0.15, 0.2) is 0 Å². The third-order valence-corrected chi connectivity index (χ3v) is 1.48. The predicted molar refractivity (Wildman–Crippen MR) is 49.1 cm³/mol. The van der Waals surface area contributed by atoms with Gasteiger partial charge in [0, 0.05) is 0 Å². The van der Waals surface area contributed by atoms with E-state index in [2.05, 4.69) is 30.4 Å². The van der Waals surface area contributed by atoms with Crippen LogP contribution in [-0.2, 0) is 0 Å². The van der Waals surface area contributed by atoms with Gasteiger partial charge in [-0.1, -0.05) is 42.5 Å². The molecule has 0 bridgehead atoms. The first-order chi connectivity index (χ1) is 5.50. The fourth-order valence-electron chi connectivity index (χ4n) is 0.897. The fourth-order valence-corrected chi connectivity index (χ4v) is 0.897. The monoisotopic (exact) mass is 145 g/mol. The van der Waals surface area contributed by atoms with E-state index in [0.717, 1.165) is 19.3 Å². The topological polar surface area (TPSA) is 0 Å². The largest absolute Gasteiger partial charge is 0.0879 e. The first kappa shape index (κ1) is 8.06. The van der Waals surface area contributed by atoms with Crippen LogP contribution >= 0.6 is 0 Å². The zero-order valence-corrected chi connectivity index (χ0v) is 6.66. The maximum absolute atomic E-state index is 3.06. The van der Waals surface area contributed by atoms with Crippen LogP contribution in [0.15, 0.2) is 42.5 Å². The summed E-state index contributed by atoms with van der Waals surface area (Å²) in [6.45, 7) is 0. The van der Waals surface area contributed by atoms with Crippen LogP contribution in [0.2, 0.25) is 0 Å². The highest BCUT2D eigenvalue weighted by Crippen LogP contribution is 1.97. The maximum atomic E-state index is 3.06. The SMILES string of the molecule is [C]1=C\C=C/CC/C=C\C\C=C/1. The van der Waals surface area contributed by atoms with Gasteiger partial charge in [-0.15, -0.1) is 0 Å². The molecule has 1 rings (SSSR count). The van der Waals surface area contributed by atoms with E-state index in [1.54, 1.807) is 0 Å². The highest BCUT2D eigenvalue weighted by Gasteiger charge is 1.76. The minimum Gasteiger partial charge on any atom is -0.0879 e. The van der Waals surface area contributed by atoms with E-state index < -0.39 is 0 Å². The molecular weight excluding hydrogens is 132 g/mol. The molecule has 0 atom stereocenters. The van der Waals surface area contributed by atoms with Crippen molar-refractivity contribution in [2.75, 3.05) is 0 Å². The Bertz CT molecular complexity index is 192. The van der Waals surface area contributed by atoms with Gasteiger partial charge < -0.3 is 0 Å². The zero-order valence-electron chi connectivity index (χ0n) is 6.66. The molecule has 0 heterocycles. The van der Waals surface area contributed by atoms with Crippen LogP contribution in [0.3, 0.4) is 0 Å². The lowest BCUT2D eigenvalue weighted by Gasteiger charge is -1.83. The molecular formula is C11H13. The first-order valence-corrected chi connectivity index (χ1v) is 4.04. The lowest BCUT2D eigenvalue weighted by atomic mass is 10.2. The predicted octanol–water partition coefficient (Wildman–Crippen LogP) is 3.20. The normalized spacial score (nSPS) is 29.8. The van der Waals surface area contributed by atoms with Gasteiger partial charge in [-0.2, -0.15) is 0 Å². The summed E-state index contributed by atoms with van der Waals surface area (Å²) in [5, 5.41) is 0. The second kappa shape index (κ2) is 5.72. The number of allylic oxidation sites excluding steroid dienone is 8. The molecule has 0 aliphatic heterocycles. The third kappa shape index (κ3) is 4.38. The Hall–Kier alpha value is -1.04. The van der Waals surface area contributed by atoms with Crippen molar-refractivity contribution >= 4 is 0 Å². The molecule has 0 amide bonds. The van der Waals surface area contributed by atoms with Crippen LogP contribution in [0.1, 0.15) is 19.3 Å². The minimum absolute atomic E-state index is 1.03. The number of hydrogen-bond acceptors (Lipinski definition) is 0. The van der Waals surface area contributed by atoms with Crippen molar-refractivity contribution in [2.24, 2.45) is 0 Å². The van der Waals surface area contributed by atoms with Gasteiger partial charge in [0.1, 0.15) is 0 Å². The summed E-state index contributed by atoms with van der Waals surface area (Å²) in [7, 11) is 0. The van der Waals surface area contributed by atoms with Gasteiger partial charge in [-0.05, 0) is 25.3 Å². The maximum Gasteiger partial charge on any atom is -0.0166 e. The second-order valence-electron chi connectivity index (χ2n) is 2.45. The molecule has 57 valence electrons. The van der Waals surface area contributed by atoms with Crippen LogP contribution < -0.4 is 0 Å². The van der Waals surface area contributed by atoms with Crippen molar-refractivity contribution in [1.29, 1.82) is 0 Å². The smallest absolute Gasteiger partial charge is 0.0166 e. The highest BCUT2D eigenvalue weighted by molar-refractivity contribution is 5.08. The van der Waals surface area contributed by atoms with Crippen LogP contribution in [0.4, 0.5) is 0 Å². The van der Waals surface area contributed by atoms with Crippen molar-refractivity contribution in [3.63, 3.8) is 0 Å². The van der Waals surface area contributed by atoms with Crippen molar-refractivity contribution in [2.45, 2.75) is 19.3 Å². The van der Waals surface area contributed by atoms with Gasteiger partial charge in [0.2, 0.25) is 0 Å². The van der Waals surface area contributed by atoms with E-state index in [1.165, 1.54) is 0 Å². The molecule has 0 aromatic heterocycles. The van der Waals surface area contributed by atoms with E-state index in [0.29, 0.717) is 0 Å². The molecule has 1 aliphatic rings. The summed E-state index contributed by atoms with van der Waals surface area (Å²) in [5.74, 6) is 0. The molecule has 1 aliphatic carbocycles. The highest BCUT2D eigenvalue weighted by atomic mass is 13.8. The molecule has 0 spiro atoms. The Kier molecular flexibility index (Phi) is 4.19. The molecule has 0 N–H and O–H groups in total. The van der Waals surface area contributed by atoms with Gasteiger partial charge in [0.05, 0.1) is 0 Å². The Morgan fingerprint density at radius 2 is 1.82 bits per heavy atom. The van der Waals surface area contributed by atoms with Crippen molar-refractivity contribution in [3.8, 4) is 0 Å². The van der Waals surface area contributed by atoms with E-state index in [4.69, 9.17) is 0 Å². The first-order valence-electron chi connectivity index (χ1n) is 4.04. The zero-order chi connectivity index (χ0) is 7.78. The summed E-state index contributed by atoms with van der Waals surface area (Å²) in [6, 6.07) is 0. The molecule has 0 fully saturated rings. The van der Waals surface area contributed by atoms with Crippen molar-refractivity contribution in [1.82, 2.24) is 0 Å². The Morgan fingerprint density at radius 1 is 0.909 bits per heavy atom. The molecule has 11 heavy (non-hydrogen) atoms. The summed E-state index contributed by atoms with van der Waals surface area (Å²) in [6.07, 6.45) is 21.0. The quantitative estimate of drug-likeness (QED) is 0.459. The van der Waals surface area contributed by atoms with E-state index in [-0.39, 0.29) is 0 Å². The lowest BCUT2D eigenvalue weighted by molar-refractivity contribution is 1.04. The van der Waals surface area contributed by atoms with Crippen LogP contribution in [0, 0.1) is 6.08 Å². The molecule has 0 nitrogen and oxygen atoms in total. The van der Waals surface area contributed by atoms with Gasteiger partial charge in [0.25, 0.3) is 0 Å². The van der Waals surface area contributed by atoms with Crippen LogP contribution in [-0.4, -0.2) is 0 Å². The second-order valence-corrected chi connectivity index (χ2v) is 2.45. The molecule has 0 heteroatoms. The molecule has 1 radical (unpaired) electrons. The van der Waals surface area contributed by atoms with E-state index >= 15 is 0 Å². The third-order valence-electron chi connectivity index (χ3n) is 1.48. The van der Waals surface area contributed by atoms with Crippen molar-refractivity contribution in [3.05, 3.63) is 48.6 Å². The Labute approximate surface area is 68.6 Å². The standard InChI is InChI=1S/C11H13/c1-2-4-6-8-10-11-9-7-5-3-1/h1-3,7-10H,4,6,11H2/b2-1-,5-3?,9-7-,10-8-. The molecule has 0 saturated carbocycles. The van der Waals surface area contributed by atoms with Crippen LogP contribution in [0.25, 0.3) is 0 Å². The molecule has 0 aromatic carbocycles. The number of hydrogen-bond donors (Lipinski definition) is 0. The average molecular weight is 145 g/mol. The summed E-state index contributed by atoms with van der Waals surface area (Å²) < 4.78 is 0. The van der Waals surface area contributed by atoms with Gasteiger partial charge in [-0.25, -0.2) is 0 Å². The molecule has 0 saturated heterocycles. The molecule has 0 aromatic rings. The summed E-state index contributed by atoms with van der Waals surface area (Å²) in [5.41, 5.74) is 0. The average Bonchev–Trinajstić information content (AvgIpc) is 2.08. The lowest BCUT2D eigenvalue weighted by Crippen LogP contribution is -1.63. The summed E-state index contributed by atoms with van der Waals surface area (Å²) >= 11 is 0. The number of rotatable bonds is 0. The Balaban J connectivity index is 2.47. The van der Waals surface area contributed by atoms with Crippen LogP contribution in [0.5, 0.6) is 0 Å².